The standard InChI is InChI=1S/C25H27N5OS/c1-2-15-27-23(31)20-9-5-6-10-22(20)30-24(27)26-29(25(30)32)16-28(18-12-13-18)21-14-11-17-7-3-4-8-19(17)21/h3-10,18,21H,2,11-16H2,1H3. The molecule has 7 heteroatoms. The summed E-state index contributed by atoms with van der Waals surface area (Å²) in [7, 11) is 0. The predicted molar refractivity (Wildman–Crippen MR) is 128 cm³/mol. The Morgan fingerprint density at radius 1 is 1.09 bits per heavy atom. The number of aromatic nitrogens is 4. The summed E-state index contributed by atoms with van der Waals surface area (Å²) in [6.45, 7) is 3.36. The van der Waals surface area contributed by atoms with Gasteiger partial charge in [0.1, 0.15) is 0 Å². The van der Waals surface area contributed by atoms with Gasteiger partial charge in [-0.25, -0.2) is 4.68 Å². The Kier molecular flexibility index (Phi) is 4.77. The van der Waals surface area contributed by atoms with Crippen molar-refractivity contribution in [3.8, 4) is 0 Å². The summed E-state index contributed by atoms with van der Waals surface area (Å²) in [6.07, 6.45) is 5.58. The molecule has 6 nitrogen and oxygen atoms in total. The van der Waals surface area contributed by atoms with Crippen molar-refractivity contribution >= 4 is 28.9 Å². The van der Waals surface area contributed by atoms with Gasteiger partial charge in [0, 0.05) is 18.6 Å². The van der Waals surface area contributed by atoms with Crippen LogP contribution >= 0.6 is 12.2 Å². The molecule has 1 atom stereocenters. The fourth-order valence-corrected chi connectivity index (χ4v) is 5.57. The molecule has 0 radical (unpaired) electrons. The van der Waals surface area contributed by atoms with Crippen LogP contribution in [0.4, 0.5) is 0 Å². The monoisotopic (exact) mass is 445 g/mol. The van der Waals surface area contributed by atoms with Gasteiger partial charge < -0.3 is 0 Å². The van der Waals surface area contributed by atoms with Crippen LogP contribution in [0.5, 0.6) is 0 Å². The largest absolute Gasteiger partial charge is 0.276 e. The lowest BCUT2D eigenvalue weighted by Gasteiger charge is -2.29. The number of hydrogen-bond donors (Lipinski definition) is 0. The molecule has 0 bridgehead atoms. The third kappa shape index (κ3) is 3.06. The molecule has 2 aliphatic carbocycles. The minimum atomic E-state index is 0.00543. The molecular formula is C25H27N5OS. The van der Waals surface area contributed by atoms with Crippen LogP contribution in [-0.2, 0) is 19.6 Å². The fourth-order valence-electron chi connectivity index (χ4n) is 5.29. The summed E-state index contributed by atoms with van der Waals surface area (Å²) in [5.74, 6) is 0.642. The van der Waals surface area contributed by atoms with E-state index in [1.165, 1.54) is 24.0 Å². The summed E-state index contributed by atoms with van der Waals surface area (Å²) < 4.78 is 6.34. The molecular weight excluding hydrogens is 418 g/mol. The van der Waals surface area contributed by atoms with E-state index in [-0.39, 0.29) is 5.56 Å². The summed E-state index contributed by atoms with van der Waals surface area (Å²) in [6, 6.07) is 17.5. The first-order valence-corrected chi connectivity index (χ1v) is 12.0. The average Bonchev–Trinajstić information content (AvgIpc) is 3.49. The van der Waals surface area contributed by atoms with E-state index < -0.39 is 0 Å². The molecule has 2 heterocycles. The van der Waals surface area contributed by atoms with Crippen LogP contribution in [0.2, 0.25) is 0 Å². The minimum absolute atomic E-state index is 0.00543. The normalized spacial score (nSPS) is 18.1. The maximum Gasteiger partial charge on any atom is 0.262 e. The van der Waals surface area contributed by atoms with Crippen molar-refractivity contribution in [2.75, 3.05) is 0 Å². The highest BCUT2D eigenvalue weighted by Crippen LogP contribution is 2.42. The van der Waals surface area contributed by atoms with Gasteiger partial charge in [-0.05, 0) is 67.6 Å². The van der Waals surface area contributed by atoms with Gasteiger partial charge in [-0.1, -0.05) is 43.3 Å². The summed E-state index contributed by atoms with van der Waals surface area (Å²) in [5, 5.41) is 5.60. The second-order valence-corrected chi connectivity index (χ2v) is 9.40. The molecule has 6 rings (SSSR count). The lowest BCUT2D eigenvalue weighted by atomic mass is 10.1. The molecule has 0 aliphatic heterocycles. The van der Waals surface area contributed by atoms with Crippen molar-refractivity contribution < 1.29 is 0 Å². The van der Waals surface area contributed by atoms with E-state index in [1.807, 2.05) is 33.3 Å². The first kappa shape index (κ1) is 19.9. The molecule has 4 aromatic rings. The zero-order valence-corrected chi connectivity index (χ0v) is 19.1. The van der Waals surface area contributed by atoms with Gasteiger partial charge in [0.15, 0.2) is 0 Å². The summed E-state index contributed by atoms with van der Waals surface area (Å²) >= 11 is 5.94. The number of fused-ring (bicyclic) bond motifs is 4. The second kappa shape index (κ2) is 7.67. The van der Waals surface area contributed by atoms with E-state index in [0.29, 0.717) is 41.2 Å². The molecule has 0 saturated heterocycles. The number of nitrogens with zero attached hydrogens (tertiary/aromatic N) is 5. The van der Waals surface area contributed by atoms with Gasteiger partial charge in [0.05, 0.1) is 17.6 Å². The third-order valence-electron chi connectivity index (χ3n) is 6.95. The molecule has 32 heavy (non-hydrogen) atoms. The first-order chi connectivity index (χ1) is 15.7. The zero-order chi connectivity index (χ0) is 21.8. The van der Waals surface area contributed by atoms with E-state index in [1.54, 1.807) is 4.57 Å². The van der Waals surface area contributed by atoms with Gasteiger partial charge in [-0.15, -0.1) is 5.10 Å². The van der Waals surface area contributed by atoms with Gasteiger partial charge in [-0.2, -0.15) is 0 Å². The van der Waals surface area contributed by atoms with Crippen molar-refractivity contribution in [2.45, 2.75) is 64.3 Å². The molecule has 1 fully saturated rings. The summed E-state index contributed by atoms with van der Waals surface area (Å²) in [5.41, 5.74) is 3.75. The second-order valence-electron chi connectivity index (χ2n) is 9.03. The lowest BCUT2D eigenvalue weighted by Crippen LogP contribution is -2.32. The quantitative estimate of drug-likeness (QED) is 0.404. The Labute approximate surface area is 191 Å². The predicted octanol–water partition coefficient (Wildman–Crippen LogP) is 4.70. The molecule has 0 spiro atoms. The van der Waals surface area contributed by atoms with Crippen LogP contribution in [0.25, 0.3) is 16.7 Å². The average molecular weight is 446 g/mol. The van der Waals surface area contributed by atoms with Crippen LogP contribution in [0.3, 0.4) is 0 Å². The van der Waals surface area contributed by atoms with Gasteiger partial charge in [0.25, 0.3) is 5.56 Å². The minimum Gasteiger partial charge on any atom is -0.276 e. The van der Waals surface area contributed by atoms with Crippen LogP contribution < -0.4 is 5.56 Å². The highest BCUT2D eigenvalue weighted by atomic mass is 32.1. The number of rotatable bonds is 6. The van der Waals surface area contributed by atoms with E-state index in [9.17, 15) is 4.79 Å². The molecule has 0 amide bonds. The van der Waals surface area contributed by atoms with Gasteiger partial charge in [0.2, 0.25) is 10.5 Å². The maximum atomic E-state index is 13.2. The SMILES string of the molecule is CCCn1c(=O)c2ccccc2n2c(=S)n(CN(C3CC3)C3CCc4ccccc43)nc12. The van der Waals surface area contributed by atoms with Crippen molar-refractivity contribution in [1.29, 1.82) is 0 Å². The third-order valence-corrected chi connectivity index (χ3v) is 7.34. The van der Waals surface area contributed by atoms with Gasteiger partial charge in [-0.3, -0.25) is 18.7 Å². The maximum absolute atomic E-state index is 13.2. The molecule has 1 saturated carbocycles. The van der Waals surface area contributed by atoms with Crippen molar-refractivity contribution in [3.63, 3.8) is 0 Å². The van der Waals surface area contributed by atoms with Crippen molar-refractivity contribution in [1.82, 2.24) is 23.6 Å². The van der Waals surface area contributed by atoms with E-state index >= 15 is 0 Å². The number of hydrogen-bond acceptors (Lipinski definition) is 4. The number of para-hydroxylation sites is 1. The molecule has 2 aromatic heterocycles. The number of benzene rings is 2. The van der Waals surface area contributed by atoms with E-state index in [2.05, 4.69) is 36.1 Å². The molecule has 2 aliphatic rings. The molecule has 2 aromatic carbocycles. The lowest BCUT2D eigenvalue weighted by molar-refractivity contribution is 0.132. The highest BCUT2D eigenvalue weighted by molar-refractivity contribution is 7.71. The van der Waals surface area contributed by atoms with Crippen molar-refractivity contribution in [3.05, 3.63) is 74.8 Å². The van der Waals surface area contributed by atoms with E-state index in [4.69, 9.17) is 17.3 Å². The fraction of sp³-hybridized carbons (Fsp3) is 0.400. The van der Waals surface area contributed by atoms with Crippen LogP contribution in [0.15, 0.2) is 53.3 Å². The molecule has 0 N–H and O–H groups in total. The first-order valence-electron chi connectivity index (χ1n) is 11.6. The topological polar surface area (TPSA) is 47.5 Å². The Bertz CT molecular complexity index is 1440. The Hall–Kier alpha value is -2.77. The van der Waals surface area contributed by atoms with Crippen LogP contribution in [-0.4, -0.2) is 29.7 Å². The molecule has 1 unspecified atom stereocenters. The summed E-state index contributed by atoms with van der Waals surface area (Å²) in [4.78, 5) is 15.8. The number of aryl methyl sites for hydroxylation is 2. The smallest absolute Gasteiger partial charge is 0.262 e. The Morgan fingerprint density at radius 2 is 1.88 bits per heavy atom. The van der Waals surface area contributed by atoms with Gasteiger partial charge >= 0.3 is 0 Å². The highest BCUT2D eigenvalue weighted by Gasteiger charge is 2.38. The van der Waals surface area contributed by atoms with Crippen LogP contribution in [0, 0.1) is 4.77 Å². The Morgan fingerprint density at radius 3 is 2.69 bits per heavy atom. The Balaban J connectivity index is 1.49. The molecule has 164 valence electrons. The van der Waals surface area contributed by atoms with Crippen LogP contribution in [0.1, 0.15) is 49.8 Å². The van der Waals surface area contributed by atoms with E-state index in [0.717, 1.165) is 24.8 Å². The zero-order valence-electron chi connectivity index (χ0n) is 18.3. The van der Waals surface area contributed by atoms with Crippen molar-refractivity contribution in [2.24, 2.45) is 0 Å².